The molecular weight excluding hydrogens is 388 g/mol. The molecule has 1 aliphatic rings. The monoisotopic (exact) mass is 412 g/mol. The van der Waals surface area contributed by atoms with Crippen LogP contribution in [0.2, 0.25) is 0 Å². The number of amides is 1. The Morgan fingerprint density at radius 1 is 1.03 bits per heavy atom. The van der Waals surface area contributed by atoms with Crippen LogP contribution in [0.25, 0.3) is 17.2 Å². The number of hydrogen-bond donors (Lipinski definition) is 2. The third-order valence-electron chi connectivity index (χ3n) is 5.77. The summed E-state index contributed by atoms with van der Waals surface area (Å²) in [5.74, 6) is 1.55. The van der Waals surface area contributed by atoms with E-state index in [0.717, 1.165) is 37.2 Å². The Morgan fingerprint density at radius 3 is 2.71 bits per heavy atom. The second-order valence-electron chi connectivity index (χ2n) is 7.84. The van der Waals surface area contributed by atoms with Crippen molar-refractivity contribution in [3.05, 3.63) is 77.2 Å². The summed E-state index contributed by atoms with van der Waals surface area (Å²) in [6.45, 7) is 0.692. The molecule has 1 aromatic carbocycles. The molecule has 5 rings (SSSR count). The fourth-order valence-corrected chi connectivity index (χ4v) is 4.19. The number of carbonyl (C=O) groups excluding carboxylic acids is 1. The number of carbonyl (C=O) groups is 1. The Bertz CT molecular complexity index is 1250. The maximum absolute atomic E-state index is 11.8. The molecule has 0 radical (unpaired) electrons. The molecule has 3 aromatic heterocycles. The van der Waals surface area contributed by atoms with Gasteiger partial charge in [-0.25, -0.2) is 15.0 Å². The van der Waals surface area contributed by atoms with E-state index in [1.165, 1.54) is 17.5 Å². The van der Waals surface area contributed by atoms with E-state index in [1.54, 1.807) is 18.3 Å². The summed E-state index contributed by atoms with van der Waals surface area (Å²) in [7, 11) is 0. The molecule has 156 valence electrons. The van der Waals surface area contributed by atoms with Crippen molar-refractivity contribution in [2.45, 2.75) is 38.6 Å². The normalized spacial score (nSPS) is 13.5. The van der Waals surface area contributed by atoms with E-state index in [4.69, 9.17) is 15.7 Å². The maximum Gasteiger partial charge on any atom is 0.250 e. The van der Waals surface area contributed by atoms with Gasteiger partial charge in [0.2, 0.25) is 0 Å². The number of benzene rings is 1. The smallest absolute Gasteiger partial charge is 0.250 e. The van der Waals surface area contributed by atoms with Crippen molar-refractivity contribution < 1.29 is 4.79 Å². The van der Waals surface area contributed by atoms with E-state index < -0.39 is 5.91 Å². The van der Waals surface area contributed by atoms with Crippen LogP contribution in [0.5, 0.6) is 0 Å². The van der Waals surface area contributed by atoms with E-state index in [-0.39, 0.29) is 0 Å². The highest BCUT2D eigenvalue weighted by Gasteiger charge is 2.20. The lowest BCUT2D eigenvalue weighted by atomic mass is 10.1. The number of aromatic nitrogens is 4. The second kappa shape index (κ2) is 8.18. The van der Waals surface area contributed by atoms with Gasteiger partial charge in [-0.1, -0.05) is 36.8 Å². The minimum Gasteiger partial charge on any atom is -0.366 e. The maximum atomic E-state index is 11.8. The van der Waals surface area contributed by atoms with Crippen molar-refractivity contribution in [1.82, 2.24) is 19.4 Å². The summed E-state index contributed by atoms with van der Waals surface area (Å²) in [5, 5.41) is 3.53. The Hall–Kier alpha value is -3.74. The molecule has 4 aromatic rings. The molecule has 0 bridgehead atoms. The van der Waals surface area contributed by atoms with E-state index in [9.17, 15) is 4.79 Å². The molecule has 0 saturated heterocycles. The van der Waals surface area contributed by atoms with Crippen molar-refractivity contribution in [1.29, 1.82) is 0 Å². The predicted octanol–water partition coefficient (Wildman–Crippen LogP) is 3.77. The highest BCUT2D eigenvalue weighted by atomic mass is 16.1. The molecule has 0 saturated carbocycles. The molecule has 7 heteroatoms. The lowest BCUT2D eigenvalue weighted by Gasteiger charge is -2.15. The van der Waals surface area contributed by atoms with Crippen LogP contribution in [0, 0.1) is 0 Å². The molecule has 0 fully saturated rings. The van der Waals surface area contributed by atoms with Gasteiger partial charge < -0.3 is 11.1 Å². The molecule has 3 heterocycles. The van der Waals surface area contributed by atoms with E-state index >= 15 is 0 Å². The fraction of sp³-hybridized carbons (Fsp3) is 0.250. The largest absolute Gasteiger partial charge is 0.366 e. The average molecular weight is 412 g/mol. The van der Waals surface area contributed by atoms with Gasteiger partial charge in [0.25, 0.3) is 5.91 Å². The molecule has 0 atom stereocenters. The first-order chi connectivity index (χ1) is 15.2. The first kappa shape index (κ1) is 19.2. The van der Waals surface area contributed by atoms with Crippen molar-refractivity contribution in [3.63, 3.8) is 0 Å². The number of fused-ring (bicyclic) bond motifs is 2. The van der Waals surface area contributed by atoms with Gasteiger partial charge in [-0.2, -0.15) is 0 Å². The number of nitrogens with one attached hydrogen (secondary N) is 1. The zero-order chi connectivity index (χ0) is 21.2. The Balaban J connectivity index is 1.59. The number of nitrogens with two attached hydrogens (primary N) is 1. The third kappa shape index (κ3) is 3.74. The van der Waals surface area contributed by atoms with Gasteiger partial charge in [0.1, 0.15) is 5.82 Å². The predicted molar refractivity (Wildman–Crippen MR) is 120 cm³/mol. The summed E-state index contributed by atoms with van der Waals surface area (Å²) in [5.41, 5.74) is 10.1. The van der Waals surface area contributed by atoms with Crippen LogP contribution in [0.3, 0.4) is 0 Å². The average Bonchev–Trinajstić information content (AvgIpc) is 3.08. The molecule has 3 N–H and O–H groups in total. The molecule has 0 unspecified atom stereocenters. The summed E-state index contributed by atoms with van der Waals surface area (Å²) in [4.78, 5) is 26.1. The first-order valence-electron chi connectivity index (χ1n) is 10.6. The molecule has 0 aliphatic heterocycles. The topological polar surface area (TPSA) is 98.2 Å². The fourth-order valence-electron chi connectivity index (χ4n) is 4.19. The molecule has 31 heavy (non-hydrogen) atoms. The van der Waals surface area contributed by atoms with E-state index in [1.807, 2.05) is 28.8 Å². The van der Waals surface area contributed by atoms with Crippen LogP contribution >= 0.6 is 0 Å². The number of primary amides is 1. The van der Waals surface area contributed by atoms with Crippen LogP contribution in [-0.2, 0) is 19.4 Å². The quantitative estimate of drug-likeness (QED) is 0.486. The summed E-state index contributed by atoms with van der Waals surface area (Å²) < 4.78 is 1.83. The van der Waals surface area contributed by atoms with Gasteiger partial charge in [-0.05, 0) is 43.4 Å². The molecule has 7 nitrogen and oxygen atoms in total. The minimum atomic E-state index is -0.481. The molecule has 1 aliphatic carbocycles. The standard InChI is InChI=1S/C24H24N6O/c25-21(31)18-11-7-13-30-20(18)15-27-24(30)23-28-19-12-6-2-5-10-17(19)22(29-23)26-14-16-8-3-1-4-9-16/h1,3-4,7-9,11,13,15H,2,5-6,10,12,14H2,(H2,25,31)(H,26,28,29). The Kier molecular flexibility index (Phi) is 5.08. The van der Waals surface area contributed by atoms with Crippen LogP contribution in [0.4, 0.5) is 5.82 Å². The van der Waals surface area contributed by atoms with Crippen molar-refractivity contribution in [3.8, 4) is 11.6 Å². The van der Waals surface area contributed by atoms with Crippen LogP contribution in [0.15, 0.2) is 54.9 Å². The number of nitrogens with zero attached hydrogens (tertiary/aromatic N) is 4. The zero-order valence-corrected chi connectivity index (χ0v) is 17.2. The van der Waals surface area contributed by atoms with E-state index in [0.29, 0.717) is 29.3 Å². The summed E-state index contributed by atoms with van der Waals surface area (Å²) in [6, 6.07) is 13.8. The van der Waals surface area contributed by atoms with Crippen molar-refractivity contribution in [2.24, 2.45) is 5.73 Å². The summed E-state index contributed by atoms with van der Waals surface area (Å²) in [6.07, 6.45) is 8.87. The number of hydrogen-bond acceptors (Lipinski definition) is 5. The second-order valence-corrected chi connectivity index (χ2v) is 7.84. The number of pyridine rings is 1. The number of aryl methyl sites for hydroxylation is 1. The van der Waals surface area contributed by atoms with Gasteiger partial charge in [0.15, 0.2) is 11.6 Å². The number of anilines is 1. The molecule has 0 spiro atoms. The SMILES string of the molecule is NC(=O)c1cccn2c(-c3nc4c(c(NCc5ccccc5)n3)CCCCC4)ncc12. The lowest BCUT2D eigenvalue weighted by Crippen LogP contribution is -2.12. The first-order valence-corrected chi connectivity index (χ1v) is 10.6. The number of rotatable bonds is 5. The highest BCUT2D eigenvalue weighted by molar-refractivity contribution is 5.99. The third-order valence-corrected chi connectivity index (χ3v) is 5.77. The van der Waals surface area contributed by atoms with Gasteiger partial charge in [-0.3, -0.25) is 9.20 Å². The Labute approximate surface area is 180 Å². The van der Waals surface area contributed by atoms with Gasteiger partial charge >= 0.3 is 0 Å². The summed E-state index contributed by atoms with van der Waals surface area (Å²) >= 11 is 0. The molecule has 1 amide bonds. The lowest BCUT2D eigenvalue weighted by molar-refractivity contribution is 0.100. The van der Waals surface area contributed by atoms with Crippen molar-refractivity contribution >= 4 is 17.2 Å². The Morgan fingerprint density at radius 2 is 1.87 bits per heavy atom. The minimum absolute atomic E-state index is 0.429. The van der Waals surface area contributed by atoms with Crippen LogP contribution in [-0.4, -0.2) is 25.3 Å². The van der Waals surface area contributed by atoms with Gasteiger partial charge in [0.05, 0.1) is 17.3 Å². The van der Waals surface area contributed by atoms with Gasteiger partial charge in [0, 0.05) is 24.0 Å². The zero-order valence-electron chi connectivity index (χ0n) is 17.2. The van der Waals surface area contributed by atoms with E-state index in [2.05, 4.69) is 22.4 Å². The highest BCUT2D eigenvalue weighted by Crippen LogP contribution is 2.28. The van der Waals surface area contributed by atoms with Gasteiger partial charge in [-0.15, -0.1) is 0 Å². The van der Waals surface area contributed by atoms with Crippen LogP contribution in [0.1, 0.15) is 46.4 Å². The number of imidazole rings is 1. The van der Waals surface area contributed by atoms with Crippen LogP contribution < -0.4 is 11.1 Å². The van der Waals surface area contributed by atoms with Crippen molar-refractivity contribution in [2.75, 3.05) is 5.32 Å². The molecular formula is C24H24N6O.